The van der Waals surface area contributed by atoms with E-state index in [2.05, 4.69) is 10.1 Å². The van der Waals surface area contributed by atoms with Gasteiger partial charge in [0.25, 0.3) is 0 Å². The number of aliphatic imine (C=N–C) groups is 1. The van der Waals surface area contributed by atoms with Crippen molar-refractivity contribution in [2.24, 2.45) is 10.1 Å². The molecule has 1 rings (SSSR count). The molecule has 0 atom stereocenters. The van der Waals surface area contributed by atoms with Crippen molar-refractivity contribution in [3.63, 3.8) is 0 Å². The van der Waals surface area contributed by atoms with Crippen LogP contribution in [0.4, 0.5) is 0 Å². The molecule has 0 saturated heterocycles. The summed E-state index contributed by atoms with van der Waals surface area (Å²) in [5.41, 5.74) is -0.105. The first-order valence-electron chi connectivity index (χ1n) is 2.93. The van der Waals surface area contributed by atoms with Gasteiger partial charge in [0.15, 0.2) is 0 Å². The fraction of sp³-hybridized carbons (Fsp3) is 0.667. The van der Waals surface area contributed by atoms with Gasteiger partial charge in [-0.05, 0) is 13.8 Å². The van der Waals surface area contributed by atoms with Crippen molar-refractivity contribution in [2.75, 3.05) is 7.05 Å². The summed E-state index contributed by atoms with van der Waals surface area (Å²) >= 11 is 0. The fourth-order valence-corrected chi connectivity index (χ4v) is 0.528. The molecule has 0 aliphatic carbocycles. The average Bonchev–Trinajstić information content (AvgIpc) is 1.78. The minimum Gasteiger partial charge on any atom is -0.262 e. The van der Waals surface area contributed by atoms with E-state index in [-0.39, 0.29) is 5.54 Å². The van der Waals surface area contributed by atoms with Crippen LogP contribution in [0.3, 0.4) is 0 Å². The molecular weight excluding hydrogens is 114 g/mol. The van der Waals surface area contributed by atoms with E-state index in [9.17, 15) is 0 Å². The summed E-state index contributed by atoms with van der Waals surface area (Å²) in [6.07, 6.45) is 3.55. The Morgan fingerprint density at radius 3 is 2.44 bits per heavy atom. The van der Waals surface area contributed by atoms with E-state index in [0.29, 0.717) is 0 Å². The van der Waals surface area contributed by atoms with Gasteiger partial charge in [0.05, 0.1) is 11.8 Å². The lowest BCUT2D eigenvalue weighted by molar-refractivity contribution is 0.522. The molecule has 50 valence electrons. The quantitative estimate of drug-likeness (QED) is 0.469. The van der Waals surface area contributed by atoms with Gasteiger partial charge in [0.2, 0.25) is 0 Å². The Bertz CT molecular complexity index is 142. The summed E-state index contributed by atoms with van der Waals surface area (Å²) < 4.78 is 0. The minimum absolute atomic E-state index is 0.105. The Hall–Kier alpha value is -0.860. The van der Waals surface area contributed by atoms with E-state index in [1.54, 1.807) is 11.3 Å². The molecule has 0 radical (unpaired) electrons. The Labute approximate surface area is 55.1 Å². The third-order valence-corrected chi connectivity index (χ3v) is 1.11. The van der Waals surface area contributed by atoms with Crippen molar-refractivity contribution in [1.29, 1.82) is 0 Å². The molecule has 0 spiro atoms. The molecule has 0 fully saturated rings. The molecule has 3 nitrogen and oxygen atoms in total. The van der Waals surface area contributed by atoms with E-state index in [1.807, 2.05) is 27.1 Å². The Kier molecular flexibility index (Phi) is 1.27. The van der Waals surface area contributed by atoms with Crippen LogP contribution < -0.4 is 0 Å². The zero-order valence-electron chi connectivity index (χ0n) is 6.00. The van der Waals surface area contributed by atoms with Crippen molar-refractivity contribution >= 4 is 12.6 Å². The number of rotatable bonds is 0. The predicted octanol–water partition coefficient (Wildman–Crippen LogP) is 0.724. The van der Waals surface area contributed by atoms with Crippen LogP contribution >= 0.6 is 0 Å². The summed E-state index contributed by atoms with van der Waals surface area (Å²) in [6.45, 7) is 4.03. The van der Waals surface area contributed by atoms with Crippen molar-refractivity contribution in [1.82, 2.24) is 5.01 Å². The molecule has 9 heavy (non-hydrogen) atoms. The van der Waals surface area contributed by atoms with Gasteiger partial charge < -0.3 is 0 Å². The van der Waals surface area contributed by atoms with Crippen molar-refractivity contribution in [3.05, 3.63) is 0 Å². The zero-order valence-corrected chi connectivity index (χ0v) is 6.00. The van der Waals surface area contributed by atoms with Crippen molar-refractivity contribution < 1.29 is 0 Å². The highest BCUT2D eigenvalue weighted by molar-refractivity contribution is 5.75. The SMILES string of the molecule is CN1C=NC(C)(C)C=N1. The lowest BCUT2D eigenvalue weighted by Gasteiger charge is -2.20. The number of hydrazone groups is 1. The maximum atomic E-state index is 4.19. The second-order valence-electron chi connectivity index (χ2n) is 2.72. The van der Waals surface area contributed by atoms with Crippen LogP contribution in [-0.2, 0) is 0 Å². The maximum absolute atomic E-state index is 4.19. The predicted molar refractivity (Wildman–Crippen MR) is 38.8 cm³/mol. The molecule has 1 heterocycles. The minimum atomic E-state index is -0.105. The van der Waals surface area contributed by atoms with Crippen LogP contribution in [0.1, 0.15) is 13.8 Å². The van der Waals surface area contributed by atoms with Gasteiger partial charge in [-0.1, -0.05) is 0 Å². The Morgan fingerprint density at radius 2 is 2.11 bits per heavy atom. The largest absolute Gasteiger partial charge is 0.262 e. The molecule has 0 bridgehead atoms. The summed E-state index contributed by atoms with van der Waals surface area (Å²) in [6, 6.07) is 0. The van der Waals surface area contributed by atoms with Gasteiger partial charge in [-0.2, -0.15) is 5.10 Å². The standard InChI is InChI=1S/C6H11N3/c1-6(2)4-8-9(3)5-7-6/h4-5H,1-3H3. The highest BCUT2D eigenvalue weighted by atomic mass is 15.5. The molecule has 0 N–H and O–H groups in total. The van der Waals surface area contributed by atoms with E-state index >= 15 is 0 Å². The normalized spacial score (nSPS) is 22.8. The number of hydrogen-bond donors (Lipinski definition) is 0. The van der Waals surface area contributed by atoms with E-state index in [1.165, 1.54) is 0 Å². The first kappa shape index (κ1) is 6.26. The van der Waals surface area contributed by atoms with E-state index < -0.39 is 0 Å². The zero-order chi connectivity index (χ0) is 6.91. The second kappa shape index (κ2) is 1.83. The third-order valence-electron chi connectivity index (χ3n) is 1.11. The fourth-order valence-electron chi connectivity index (χ4n) is 0.528. The van der Waals surface area contributed by atoms with Gasteiger partial charge in [-0.3, -0.25) is 10.0 Å². The highest BCUT2D eigenvalue weighted by Gasteiger charge is 2.14. The first-order valence-corrected chi connectivity index (χ1v) is 2.93. The van der Waals surface area contributed by atoms with Crippen molar-refractivity contribution in [3.8, 4) is 0 Å². The Balaban J connectivity index is 2.70. The average molecular weight is 125 g/mol. The third kappa shape index (κ3) is 1.52. The molecule has 0 aromatic heterocycles. The molecule has 0 saturated carbocycles. The van der Waals surface area contributed by atoms with Crippen molar-refractivity contribution in [2.45, 2.75) is 19.4 Å². The van der Waals surface area contributed by atoms with Crippen LogP contribution in [0, 0.1) is 0 Å². The molecule has 0 unspecified atom stereocenters. The smallest absolute Gasteiger partial charge is 0.107 e. The number of nitrogens with zero attached hydrogens (tertiary/aromatic N) is 3. The van der Waals surface area contributed by atoms with Crippen LogP contribution in [-0.4, -0.2) is 30.1 Å². The highest BCUT2D eigenvalue weighted by Crippen LogP contribution is 2.07. The van der Waals surface area contributed by atoms with Crippen LogP contribution in [0.5, 0.6) is 0 Å². The van der Waals surface area contributed by atoms with Crippen LogP contribution in [0.2, 0.25) is 0 Å². The lowest BCUT2D eigenvalue weighted by atomic mass is 10.1. The van der Waals surface area contributed by atoms with Crippen LogP contribution in [0.15, 0.2) is 10.1 Å². The van der Waals surface area contributed by atoms with Gasteiger partial charge in [0.1, 0.15) is 6.34 Å². The molecule has 0 aromatic carbocycles. The van der Waals surface area contributed by atoms with E-state index in [0.717, 1.165) is 0 Å². The summed E-state index contributed by atoms with van der Waals surface area (Å²) in [5, 5.41) is 5.73. The lowest BCUT2D eigenvalue weighted by Crippen LogP contribution is -2.27. The van der Waals surface area contributed by atoms with Gasteiger partial charge in [-0.25, -0.2) is 0 Å². The molecule has 0 aromatic rings. The topological polar surface area (TPSA) is 28.0 Å². The molecule has 1 aliphatic rings. The number of hydrogen-bond acceptors (Lipinski definition) is 3. The van der Waals surface area contributed by atoms with Gasteiger partial charge in [-0.15, -0.1) is 0 Å². The van der Waals surface area contributed by atoms with Gasteiger partial charge in [0, 0.05) is 7.05 Å². The van der Waals surface area contributed by atoms with E-state index in [4.69, 9.17) is 0 Å². The second-order valence-corrected chi connectivity index (χ2v) is 2.72. The summed E-state index contributed by atoms with van der Waals surface area (Å²) in [4.78, 5) is 4.19. The monoisotopic (exact) mass is 125 g/mol. The molecule has 3 heteroatoms. The summed E-state index contributed by atoms with van der Waals surface area (Å²) in [7, 11) is 1.86. The van der Waals surface area contributed by atoms with Gasteiger partial charge >= 0.3 is 0 Å². The molecule has 0 amide bonds. The molecular formula is C6H11N3. The molecule has 1 aliphatic heterocycles. The maximum Gasteiger partial charge on any atom is 0.107 e. The first-order chi connectivity index (χ1) is 4.10. The van der Waals surface area contributed by atoms with Crippen LogP contribution in [0.25, 0.3) is 0 Å². The Morgan fingerprint density at radius 1 is 1.44 bits per heavy atom. The summed E-state index contributed by atoms with van der Waals surface area (Å²) in [5.74, 6) is 0.